The fraction of sp³-hybridized carbons (Fsp3) is 0.0435. The number of carbonyl (C=O) groups excluding carboxylic acids is 1. The molecule has 5 nitrogen and oxygen atoms in total. The number of carboxylic acids is 1. The molecule has 5 heteroatoms. The molecule has 0 fully saturated rings. The Kier molecular flexibility index (Phi) is 4.64. The molecular formula is C23H17NO4. The van der Waals surface area contributed by atoms with Gasteiger partial charge in [0.2, 0.25) is 0 Å². The molecule has 138 valence electrons. The van der Waals surface area contributed by atoms with E-state index in [4.69, 9.17) is 4.74 Å². The number of aldehydes is 1. The number of carbonyl (C=O) groups is 2. The van der Waals surface area contributed by atoms with E-state index in [0.29, 0.717) is 39.9 Å². The van der Waals surface area contributed by atoms with Gasteiger partial charge in [-0.1, -0.05) is 54.6 Å². The van der Waals surface area contributed by atoms with Gasteiger partial charge < -0.3 is 14.8 Å². The number of nitrogens with one attached hydrogen (secondary N) is 1. The van der Waals surface area contributed by atoms with Crippen LogP contribution in [0, 0.1) is 0 Å². The first kappa shape index (κ1) is 17.5. The highest BCUT2D eigenvalue weighted by molar-refractivity contribution is 6.10. The van der Waals surface area contributed by atoms with Crippen molar-refractivity contribution in [2.24, 2.45) is 0 Å². The lowest BCUT2D eigenvalue weighted by atomic mass is 9.97. The van der Waals surface area contributed by atoms with Gasteiger partial charge in [0.15, 0.2) is 6.29 Å². The Hall–Kier alpha value is -3.86. The van der Waals surface area contributed by atoms with Crippen molar-refractivity contribution in [3.63, 3.8) is 0 Å². The van der Waals surface area contributed by atoms with Gasteiger partial charge in [-0.2, -0.15) is 0 Å². The zero-order valence-electron chi connectivity index (χ0n) is 14.9. The second kappa shape index (κ2) is 7.40. The van der Waals surface area contributed by atoms with Crippen molar-refractivity contribution < 1.29 is 19.4 Å². The molecule has 2 N–H and O–H groups in total. The van der Waals surface area contributed by atoms with Gasteiger partial charge in [0.1, 0.15) is 18.1 Å². The second-order valence-electron chi connectivity index (χ2n) is 6.37. The van der Waals surface area contributed by atoms with Crippen LogP contribution in [0.5, 0.6) is 5.75 Å². The summed E-state index contributed by atoms with van der Waals surface area (Å²) in [6.45, 7) is 0.406. The zero-order chi connectivity index (χ0) is 19.5. The Bertz CT molecular complexity index is 1160. The molecule has 0 aliphatic rings. The summed E-state index contributed by atoms with van der Waals surface area (Å²) in [6.07, 6.45) is 0.732. The number of hydrogen-bond donors (Lipinski definition) is 2. The van der Waals surface area contributed by atoms with Gasteiger partial charge in [0.25, 0.3) is 0 Å². The number of benzene rings is 3. The minimum absolute atomic E-state index is 0.0458. The minimum Gasteiger partial charge on any atom is -0.489 e. The first-order valence-corrected chi connectivity index (χ1v) is 8.77. The van der Waals surface area contributed by atoms with Crippen molar-refractivity contribution in [3.05, 3.63) is 89.6 Å². The lowest BCUT2D eigenvalue weighted by Gasteiger charge is -2.08. The third-order valence-electron chi connectivity index (χ3n) is 4.59. The van der Waals surface area contributed by atoms with E-state index in [1.807, 2.05) is 30.3 Å². The van der Waals surface area contributed by atoms with Crippen molar-refractivity contribution in [1.82, 2.24) is 4.98 Å². The number of fused-ring (bicyclic) bond motifs is 1. The van der Waals surface area contributed by atoms with Gasteiger partial charge >= 0.3 is 5.97 Å². The normalized spacial score (nSPS) is 10.7. The molecule has 1 heterocycles. The Morgan fingerprint density at radius 3 is 2.50 bits per heavy atom. The smallest absolute Gasteiger partial charge is 0.352 e. The molecule has 0 saturated carbocycles. The van der Waals surface area contributed by atoms with Crippen LogP contribution in [0.3, 0.4) is 0 Å². The molecule has 1 aromatic heterocycles. The maximum absolute atomic E-state index is 11.8. The molecule has 0 amide bonds. The maximum atomic E-state index is 11.8. The number of aromatic carboxylic acids is 1. The molecule has 0 aliphatic carbocycles. The summed E-state index contributed by atoms with van der Waals surface area (Å²) >= 11 is 0. The van der Waals surface area contributed by atoms with E-state index < -0.39 is 5.97 Å². The molecule has 0 radical (unpaired) electrons. The number of hydrogen-bond acceptors (Lipinski definition) is 3. The van der Waals surface area contributed by atoms with Crippen molar-refractivity contribution in [1.29, 1.82) is 0 Å². The Balaban J connectivity index is 1.81. The van der Waals surface area contributed by atoms with Crippen LogP contribution in [0.25, 0.3) is 22.0 Å². The van der Waals surface area contributed by atoms with Crippen LogP contribution < -0.4 is 4.74 Å². The van der Waals surface area contributed by atoms with Gasteiger partial charge in [0, 0.05) is 22.0 Å². The zero-order valence-corrected chi connectivity index (χ0v) is 14.9. The molecule has 0 bridgehead atoms. The van der Waals surface area contributed by atoms with Crippen LogP contribution in [0.15, 0.2) is 72.8 Å². The Morgan fingerprint density at radius 2 is 1.75 bits per heavy atom. The van der Waals surface area contributed by atoms with E-state index in [9.17, 15) is 14.7 Å². The molecule has 0 spiro atoms. The van der Waals surface area contributed by atoms with E-state index in [1.54, 1.807) is 42.5 Å². The van der Waals surface area contributed by atoms with Crippen molar-refractivity contribution in [3.8, 4) is 16.9 Å². The SMILES string of the molecule is O=Cc1ccccc1-c1c(C(=O)O)[nH]c2ccc(OCc3ccccc3)cc12. The monoisotopic (exact) mass is 371 g/mol. The largest absolute Gasteiger partial charge is 0.489 e. The summed E-state index contributed by atoms with van der Waals surface area (Å²) in [5, 5.41) is 10.4. The standard InChI is InChI=1S/C23H17NO4/c25-13-16-8-4-5-9-18(16)21-19-12-17(28-14-15-6-2-1-3-7-15)10-11-20(19)24-22(21)23(26)27/h1-13,24H,14H2,(H,26,27). The molecular weight excluding hydrogens is 354 g/mol. The second-order valence-corrected chi connectivity index (χ2v) is 6.37. The van der Waals surface area contributed by atoms with Crippen LogP contribution in [0.1, 0.15) is 26.4 Å². The average Bonchev–Trinajstić information content (AvgIpc) is 3.12. The number of aromatic nitrogens is 1. The van der Waals surface area contributed by atoms with Crippen LogP contribution in [0.4, 0.5) is 0 Å². The van der Waals surface area contributed by atoms with Crippen molar-refractivity contribution >= 4 is 23.2 Å². The van der Waals surface area contributed by atoms with E-state index in [0.717, 1.165) is 11.8 Å². The third-order valence-corrected chi connectivity index (χ3v) is 4.59. The fourth-order valence-corrected chi connectivity index (χ4v) is 3.27. The summed E-state index contributed by atoms with van der Waals surface area (Å²) < 4.78 is 5.89. The predicted molar refractivity (Wildman–Crippen MR) is 107 cm³/mol. The summed E-state index contributed by atoms with van der Waals surface area (Å²) in [7, 11) is 0. The molecule has 4 rings (SSSR count). The molecule has 0 atom stereocenters. The van der Waals surface area contributed by atoms with Crippen molar-refractivity contribution in [2.75, 3.05) is 0 Å². The highest BCUT2D eigenvalue weighted by Crippen LogP contribution is 2.36. The van der Waals surface area contributed by atoms with Gasteiger partial charge in [-0.15, -0.1) is 0 Å². The molecule has 3 aromatic carbocycles. The Labute approximate surface area is 161 Å². The van der Waals surface area contributed by atoms with Gasteiger partial charge in [-0.25, -0.2) is 4.79 Å². The number of H-pyrrole nitrogens is 1. The Morgan fingerprint density at radius 1 is 1.00 bits per heavy atom. The van der Waals surface area contributed by atoms with Gasteiger partial charge in [-0.05, 0) is 29.3 Å². The lowest BCUT2D eigenvalue weighted by Crippen LogP contribution is -2.00. The summed E-state index contributed by atoms with van der Waals surface area (Å²) in [4.78, 5) is 26.2. The summed E-state index contributed by atoms with van der Waals surface area (Å²) in [5.74, 6) is -0.462. The summed E-state index contributed by atoms with van der Waals surface area (Å²) in [6, 6.07) is 22.1. The third kappa shape index (κ3) is 3.25. The van der Waals surface area contributed by atoms with Crippen molar-refractivity contribution in [2.45, 2.75) is 6.61 Å². The first-order valence-electron chi connectivity index (χ1n) is 8.77. The van der Waals surface area contributed by atoms with Gasteiger partial charge in [-0.3, -0.25) is 4.79 Å². The molecule has 28 heavy (non-hydrogen) atoms. The van der Waals surface area contributed by atoms with Crippen LogP contribution in [-0.2, 0) is 6.61 Å². The quantitative estimate of drug-likeness (QED) is 0.471. The summed E-state index contributed by atoms with van der Waals surface area (Å²) in [5.41, 5.74) is 3.23. The highest BCUT2D eigenvalue weighted by atomic mass is 16.5. The predicted octanol–water partition coefficient (Wildman–Crippen LogP) is 4.92. The lowest BCUT2D eigenvalue weighted by molar-refractivity contribution is 0.0692. The number of aromatic amines is 1. The molecule has 0 aliphatic heterocycles. The topological polar surface area (TPSA) is 79.4 Å². The molecule has 4 aromatic rings. The van der Waals surface area contributed by atoms with Gasteiger partial charge in [0.05, 0.1) is 0 Å². The molecule has 0 unspecified atom stereocenters. The van der Waals surface area contributed by atoms with E-state index in [1.165, 1.54) is 0 Å². The van der Waals surface area contributed by atoms with E-state index >= 15 is 0 Å². The van der Waals surface area contributed by atoms with Crippen LogP contribution in [0.2, 0.25) is 0 Å². The fourth-order valence-electron chi connectivity index (χ4n) is 3.27. The number of rotatable bonds is 6. The van der Waals surface area contributed by atoms with E-state index in [-0.39, 0.29) is 5.69 Å². The maximum Gasteiger partial charge on any atom is 0.352 e. The number of ether oxygens (including phenoxy) is 1. The number of carboxylic acid groups (broad SMARTS) is 1. The van der Waals surface area contributed by atoms with E-state index in [2.05, 4.69) is 4.98 Å². The average molecular weight is 371 g/mol. The minimum atomic E-state index is -1.08. The van der Waals surface area contributed by atoms with Crippen LogP contribution >= 0.6 is 0 Å². The molecule has 0 saturated heterocycles. The highest BCUT2D eigenvalue weighted by Gasteiger charge is 2.21. The van der Waals surface area contributed by atoms with Crippen LogP contribution in [-0.4, -0.2) is 22.3 Å². The first-order chi connectivity index (χ1) is 13.7.